The van der Waals surface area contributed by atoms with Gasteiger partial charge in [0.1, 0.15) is 0 Å². The van der Waals surface area contributed by atoms with Gasteiger partial charge >= 0.3 is 5.97 Å². The second-order valence-corrected chi connectivity index (χ2v) is 4.53. The van der Waals surface area contributed by atoms with Crippen molar-refractivity contribution in [3.8, 4) is 0 Å². The topological polar surface area (TPSA) is 63.6 Å². The lowest BCUT2D eigenvalue weighted by Crippen LogP contribution is -2.23. The van der Waals surface area contributed by atoms with Gasteiger partial charge in [-0.2, -0.15) is 0 Å². The van der Waals surface area contributed by atoms with Crippen molar-refractivity contribution in [2.24, 2.45) is 0 Å². The fourth-order valence-corrected chi connectivity index (χ4v) is 2.11. The van der Waals surface area contributed by atoms with Gasteiger partial charge in [0.2, 0.25) is 0 Å². The zero-order chi connectivity index (χ0) is 13.2. The predicted octanol–water partition coefficient (Wildman–Crippen LogP) is 1.46. The van der Waals surface area contributed by atoms with Crippen LogP contribution >= 0.6 is 0 Å². The number of aliphatic hydroxyl groups excluding tert-OH is 1. The highest BCUT2D eigenvalue weighted by atomic mass is 16.5. The molecule has 1 aliphatic carbocycles. The summed E-state index contributed by atoms with van der Waals surface area (Å²) < 4.78 is 4.73. The van der Waals surface area contributed by atoms with E-state index in [2.05, 4.69) is 0 Å². The van der Waals surface area contributed by atoms with E-state index in [0.29, 0.717) is 5.56 Å². The molecule has 0 amide bonds. The molecular formula is C14H16O4. The van der Waals surface area contributed by atoms with E-state index in [-0.39, 0.29) is 18.6 Å². The molecule has 0 aromatic heterocycles. The number of ether oxygens (including phenoxy) is 1. The molecule has 1 saturated carbocycles. The summed E-state index contributed by atoms with van der Waals surface area (Å²) >= 11 is 0. The SMILES string of the molecule is CCOC(=O)C(=O)c1ccccc1C1(CO)CC1. The normalized spacial score (nSPS) is 16.1. The minimum Gasteiger partial charge on any atom is -0.460 e. The van der Waals surface area contributed by atoms with E-state index in [1.54, 1.807) is 25.1 Å². The molecule has 18 heavy (non-hydrogen) atoms. The minimum absolute atomic E-state index is 0.000118. The van der Waals surface area contributed by atoms with Crippen molar-refractivity contribution >= 4 is 11.8 Å². The van der Waals surface area contributed by atoms with E-state index < -0.39 is 11.8 Å². The average molecular weight is 248 g/mol. The average Bonchev–Trinajstić information content (AvgIpc) is 3.19. The van der Waals surface area contributed by atoms with Crippen molar-refractivity contribution in [3.05, 3.63) is 35.4 Å². The second-order valence-electron chi connectivity index (χ2n) is 4.53. The van der Waals surface area contributed by atoms with Crippen LogP contribution in [0.5, 0.6) is 0 Å². The maximum Gasteiger partial charge on any atom is 0.379 e. The highest BCUT2D eigenvalue weighted by Gasteiger charge is 2.46. The van der Waals surface area contributed by atoms with Crippen LogP contribution in [0.15, 0.2) is 24.3 Å². The Labute approximate surface area is 106 Å². The van der Waals surface area contributed by atoms with Crippen LogP contribution in [0.4, 0.5) is 0 Å². The lowest BCUT2D eigenvalue weighted by Gasteiger charge is -2.15. The number of benzene rings is 1. The van der Waals surface area contributed by atoms with Crippen LogP contribution in [0.3, 0.4) is 0 Å². The van der Waals surface area contributed by atoms with Gasteiger partial charge in [-0.25, -0.2) is 4.79 Å². The van der Waals surface area contributed by atoms with Crippen molar-refractivity contribution in [2.45, 2.75) is 25.2 Å². The molecule has 0 aliphatic heterocycles. The summed E-state index contributed by atoms with van der Waals surface area (Å²) in [6.07, 6.45) is 1.69. The third-order valence-electron chi connectivity index (χ3n) is 3.36. The Balaban J connectivity index is 2.34. The Bertz CT molecular complexity index is 474. The molecule has 1 fully saturated rings. The van der Waals surface area contributed by atoms with E-state index in [1.165, 1.54) is 0 Å². The van der Waals surface area contributed by atoms with Gasteiger partial charge in [0, 0.05) is 11.0 Å². The number of ketones is 1. The van der Waals surface area contributed by atoms with Crippen LogP contribution in [0.1, 0.15) is 35.7 Å². The van der Waals surface area contributed by atoms with Crippen LogP contribution in [-0.2, 0) is 14.9 Å². The lowest BCUT2D eigenvalue weighted by molar-refractivity contribution is -0.137. The number of aliphatic hydroxyl groups is 1. The molecule has 1 aliphatic rings. The van der Waals surface area contributed by atoms with Crippen molar-refractivity contribution in [3.63, 3.8) is 0 Å². The molecule has 0 saturated heterocycles. The van der Waals surface area contributed by atoms with Gasteiger partial charge in [-0.05, 0) is 25.3 Å². The van der Waals surface area contributed by atoms with Crippen LogP contribution in [0.2, 0.25) is 0 Å². The number of hydrogen-bond donors (Lipinski definition) is 1. The van der Waals surface area contributed by atoms with Crippen molar-refractivity contribution in [1.82, 2.24) is 0 Å². The number of rotatable bonds is 5. The molecule has 0 radical (unpaired) electrons. The summed E-state index contributed by atoms with van der Waals surface area (Å²) in [5.74, 6) is -1.47. The van der Waals surface area contributed by atoms with Gasteiger partial charge in [0.05, 0.1) is 13.2 Å². The second kappa shape index (κ2) is 4.90. The summed E-state index contributed by atoms with van der Waals surface area (Å²) in [5, 5.41) is 9.43. The Morgan fingerprint density at radius 3 is 2.56 bits per heavy atom. The van der Waals surface area contributed by atoms with Crippen LogP contribution in [0, 0.1) is 0 Å². The molecule has 0 atom stereocenters. The number of carbonyl (C=O) groups is 2. The number of carbonyl (C=O) groups excluding carboxylic acids is 2. The Hall–Kier alpha value is -1.68. The third kappa shape index (κ3) is 2.16. The Morgan fingerprint density at radius 2 is 2.00 bits per heavy atom. The molecule has 96 valence electrons. The first-order chi connectivity index (χ1) is 8.64. The molecule has 1 N–H and O–H groups in total. The molecule has 4 heteroatoms. The van der Waals surface area contributed by atoms with Crippen molar-refractivity contribution in [2.75, 3.05) is 13.2 Å². The van der Waals surface area contributed by atoms with E-state index in [4.69, 9.17) is 4.74 Å². The van der Waals surface area contributed by atoms with Gasteiger partial charge in [0.15, 0.2) is 0 Å². The summed E-state index contributed by atoms with van der Waals surface area (Å²) in [5.41, 5.74) is 0.770. The van der Waals surface area contributed by atoms with E-state index in [9.17, 15) is 14.7 Å². The maximum absolute atomic E-state index is 12.0. The van der Waals surface area contributed by atoms with Crippen LogP contribution in [0.25, 0.3) is 0 Å². The van der Waals surface area contributed by atoms with Crippen LogP contribution in [-0.4, -0.2) is 30.1 Å². The summed E-state index contributed by atoms with van der Waals surface area (Å²) in [7, 11) is 0. The van der Waals surface area contributed by atoms with Gasteiger partial charge < -0.3 is 9.84 Å². The largest absolute Gasteiger partial charge is 0.460 e. The zero-order valence-corrected chi connectivity index (χ0v) is 10.3. The first-order valence-corrected chi connectivity index (χ1v) is 6.06. The molecule has 1 aromatic carbocycles. The molecule has 2 rings (SSSR count). The molecule has 4 nitrogen and oxygen atoms in total. The zero-order valence-electron chi connectivity index (χ0n) is 10.3. The maximum atomic E-state index is 12.0. The van der Waals surface area contributed by atoms with Gasteiger partial charge in [0.25, 0.3) is 5.78 Å². The van der Waals surface area contributed by atoms with E-state index in [0.717, 1.165) is 18.4 Å². The Kier molecular flexibility index (Phi) is 3.48. The fourth-order valence-electron chi connectivity index (χ4n) is 2.11. The van der Waals surface area contributed by atoms with Gasteiger partial charge in [-0.1, -0.05) is 24.3 Å². The highest BCUT2D eigenvalue weighted by molar-refractivity contribution is 6.41. The summed E-state index contributed by atoms with van der Waals surface area (Å²) in [6, 6.07) is 6.94. The minimum atomic E-state index is -0.835. The third-order valence-corrected chi connectivity index (χ3v) is 3.36. The summed E-state index contributed by atoms with van der Waals surface area (Å²) in [4.78, 5) is 23.5. The highest BCUT2D eigenvalue weighted by Crippen LogP contribution is 2.48. The lowest BCUT2D eigenvalue weighted by atomic mass is 9.90. The van der Waals surface area contributed by atoms with Crippen LogP contribution < -0.4 is 0 Å². The Morgan fingerprint density at radius 1 is 1.33 bits per heavy atom. The molecular weight excluding hydrogens is 232 g/mol. The molecule has 1 aromatic rings. The van der Waals surface area contributed by atoms with Crippen molar-refractivity contribution in [1.29, 1.82) is 0 Å². The molecule has 0 spiro atoms. The molecule has 0 heterocycles. The quantitative estimate of drug-likeness (QED) is 0.486. The first-order valence-electron chi connectivity index (χ1n) is 6.06. The smallest absolute Gasteiger partial charge is 0.379 e. The number of hydrogen-bond acceptors (Lipinski definition) is 4. The molecule has 0 bridgehead atoms. The molecule has 0 unspecified atom stereocenters. The standard InChI is InChI=1S/C14H16O4/c1-2-18-13(17)12(16)10-5-3-4-6-11(10)14(9-15)7-8-14/h3-6,15H,2,7-9H2,1H3. The van der Waals surface area contributed by atoms with E-state index in [1.807, 2.05) is 6.07 Å². The number of esters is 1. The van der Waals surface area contributed by atoms with Crippen molar-refractivity contribution < 1.29 is 19.4 Å². The predicted molar refractivity (Wildman–Crippen MR) is 65.4 cm³/mol. The van der Waals surface area contributed by atoms with E-state index >= 15 is 0 Å². The monoisotopic (exact) mass is 248 g/mol. The first kappa shape index (κ1) is 12.8. The fraction of sp³-hybridized carbons (Fsp3) is 0.429. The van der Waals surface area contributed by atoms with Gasteiger partial charge in [-0.15, -0.1) is 0 Å². The number of Topliss-reactive ketones (excluding diaryl/α,β-unsaturated/α-hetero) is 1. The van der Waals surface area contributed by atoms with Gasteiger partial charge in [-0.3, -0.25) is 4.79 Å². The summed E-state index contributed by atoms with van der Waals surface area (Å²) in [6.45, 7) is 1.84.